The first kappa shape index (κ1) is 17.7. The van der Waals surface area contributed by atoms with Gasteiger partial charge in [-0.1, -0.05) is 86.5 Å². The maximum absolute atomic E-state index is 12.7. The fourth-order valence-electron chi connectivity index (χ4n) is 3.95. The molecule has 25 heavy (non-hydrogen) atoms. The van der Waals surface area contributed by atoms with Crippen LogP contribution < -0.4 is 10.4 Å². The Morgan fingerprint density at radius 2 is 1.40 bits per heavy atom. The molecule has 1 aliphatic rings. The average molecular weight is 351 g/mol. The van der Waals surface area contributed by atoms with E-state index in [1.54, 1.807) is 6.92 Å². The lowest BCUT2D eigenvalue weighted by Gasteiger charge is -2.40. The summed E-state index contributed by atoms with van der Waals surface area (Å²) in [5, 5.41) is 2.37. The zero-order chi connectivity index (χ0) is 17.7. The van der Waals surface area contributed by atoms with Crippen LogP contribution in [0.1, 0.15) is 39.0 Å². The van der Waals surface area contributed by atoms with Crippen molar-refractivity contribution in [3.8, 4) is 0 Å². The highest BCUT2D eigenvalue weighted by atomic mass is 28.4. The molecule has 0 aromatic heterocycles. The van der Waals surface area contributed by atoms with Crippen LogP contribution in [0.4, 0.5) is 0 Å². The molecule has 0 spiro atoms. The fraction of sp³-hybridized carbons (Fsp3) is 0.318. The first-order valence-corrected chi connectivity index (χ1v) is 11.1. The van der Waals surface area contributed by atoms with Crippen molar-refractivity contribution in [2.45, 2.75) is 44.6 Å². The predicted molar refractivity (Wildman–Crippen MR) is 106 cm³/mol. The molecule has 1 fully saturated rings. The van der Waals surface area contributed by atoms with E-state index >= 15 is 0 Å². The second kappa shape index (κ2) is 7.83. The molecule has 130 valence electrons. The SMILES string of the molecule is C=C(C)C(=O)O[Si](c1ccccc1)(c1ccccc1)C1CCCCC1. The molecule has 0 atom stereocenters. The largest absolute Gasteiger partial charge is 0.507 e. The third-order valence-corrected chi connectivity index (χ3v) is 9.80. The van der Waals surface area contributed by atoms with Gasteiger partial charge in [-0.3, -0.25) is 0 Å². The first-order chi connectivity index (χ1) is 12.1. The van der Waals surface area contributed by atoms with Crippen molar-refractivity contribution >= 4 is 24.7 Å². The monoisotopic (exact) mass is 350 g/mol. The van der Waals surface area contributed by atoms with Gasteiger partial charge in [0.1, 0.15) is 0 Å². The van der Waals surface area contributed by atoms with Crippen LogP contribution in [0.2, 0.25) is 5.54 Å². The average Bonchev–Trinajstić information content (AvgIpc) is 2.68. The van der Waals surface area contributed by atoms with E-state index in [4.69, 9.17) is 4.43 Å². The maximum Gasteiger partial charge on any atom is 0.322 e. The summed E-state index contributed by atoms with van der Waals surface area (Å²) in [5.74, 6) is -0.259. The van der Waals surface area contributed by atoms with Gasteiger partial charge in [0.05, 0.1) is 0 Å². The minimum atomic E-state index is -2.68. The highest BCUT2D eigenvalue weighted by Crippen LogP contribution is 2.37. The summed E-state index contributed by atoms with van der Waals surface area (Å²) in [7, 11) is -2.68. The van der Waals surface area contributed by atoms with Gasteiger partial charge in [0.25, 0.3) is 0 Å². The number of carbonyl (C=O) groups excluding carboxylic acids is 1. The lowest BCUT2D eigenvalue weighted by Crippen LogP contribution is -2.65. The van der Waals surface area contributed by atoms with Crippen molar-refractivity contribution in [1.82, 2.24) is 0 Å². The number of rotatable bonds is 5. The quantitative estimate of drug-likeness (QED) is 0.597. The Morgan fingerprint density at radius 3 is 1.84 bits per heavy atom. The van der Waals surface area contributed by atoms with Gasteiger partial charge < -0.3 is 4.43 Å². The molecule has 1 aliphatic carbocycles. The van der Waals surface area contributed by atoms with Gasteiger partial charge in [-0.05, 0) is 35.7 Å². The van der Waals surface area contributed by atoms with Crippen molar-refractivity contribution in [2.75, 3.05) is 0 Å². The van der Waals surface area contributed by atoms with Crippen molar-refractivity contribution in [1.29, 1.82) is 0 Å². The Morgan fingerprint density at radius 1 is 0.920 bits per heavy atom. The standard InChI is InChI=1S/C22H26O2Si/c1-18(2)22(23)24-25(19-12-6-3-7-13-19,20-14-8-4-9-15-20)21-16-10-5-11-17-21/h3-4,6-9,12-15,21H,1,5,10-11,16-17H2,2H3. The van der Waals surface area contributed by atoms with Crippen molar-refractivity contribution in [3.05, 3.63) is 72.8 Å². The molecule has 2 aromatic rings. The smallest absolute Gasteiger partial charge is 0.322 e. The third-order valence-electron chi connectivity index (χ3n) is 5.19. The van der Waals surface area contributed by atoms with Gasteiger partial charge in [0.15, 0.2) is 0 Å². The van der Waals surface area contributed by atoms with E-state index in [1.807, 2.05) is 12.1 Å². The van der Waals surface area contributed by atoms with E-state index < -0.39 is 8.32 Å². The predicted octanol–water partition coefficient (Wildman–Crippen LogP) is 4.20. The molecular weight excluding hydrogens is 324 g/mol. The molecule has 3 rings (SSSR count). The van der Waals surface area contributed by atoms with Gasteiger partial charge in [-0.25, -0.2) is 4.79 Å². The molecule has 0 unspecified atom stereocenters. The second-order valence-electron chi connectivity index (χ2n) is 6.97. The summed E-state index contributed by atoms with van der Waals surface area (Å²) in [5.41, 5.74) is 0.883. The lowest BCUT2D eigenvalue weighted by atomic mass is 10.0. The minimum absolute atomic E-state index is 0.259. The molecule has 0 bridgehead atoms. The van der Waals surface area contributed by atoms with Crippen LogP contribution in [0.25, 0.3) is 0 Å². The topological polar surface area (TPSA) is 26.3 Å². The molecule has 1 saturated carbocycles. The minimum Gasteiger partial charge on any atom is -0.507 e. The molecule has 0 N–H and O–H groups in total. The van der Waals surface area contributed by atoms with Crippen molar-refractivity contribution in [3.63, 3.8) is 0 Å². The van der Waals surface area contributed by atoms with Crippen molar-refractivity contribution < 1.29 is 9.22 Å². The Balaban J connectivity index is 2.18. The van der Waals surface area contributed by atoms with Gasteiger partial charge in [0, 0.05) is 5.57 Å². The summed E-state index contributed by atoms with van der Waals surface area (Å²) < 4.78 is 6.41. The van der Waals surface area contributed by atoms with E-state index in [-0.39, 0.29) is 5.97 Å². The molecule has 0 heterocycles. The summed E-state index contributed by atoms with van der Waals surface area (Å²) >= 11 is 0. The molecule has 2 aromatic carbocycles. The van der Waals surface area contributed by atoms with Crippen LogP contribution in [0.15, 0.2) is 72.8 Å². The van der Waals surface area contributed by atoms with Gasteiger partial charge in [0.2, 0.25) is 0 Å². The molecule has 3 heteroatoms. The normalized spacial score (nSPS) is 15.6. The highest BCUT2D eigenvalue weighted by molar-refractivity contribution is 6.99. The molecular formula is C22H26O2Si. The maximum atomic E-state index is 12.7. The zero-order valence-corrected chi connectivity index (χ0v) is 15.9. The van der Waals surface area contributed by atoms with E-state index in [0.29, 0.717) is 11.1 Å². The Labute approximate surface area is 151 Å². The first-order valence-electron chi connectivity index (χ1n) is 9.14. The summed E-state index contributed by atoms with van der Waals surface area (Å²) in [6.07, 6.45) is 5.95. The van der Waals surface area contributed by atoms with E-state index in [1.165, 1.54) is 29.6 Å². The zero-order valence-electron chi connectivity index (χ0n) is 14.9. The van der Waals surface area contributed by atoms with Crippen LogP contribution >= 0.6 is 0 Å². The van der Waals surface area contributed by atoms with E-state index in [2.05, 4.69) is 55.1 Å². The van der Waals surface area contributed by atoms with E-state index in [9.17, 15) is 4.79 Å². The fourth-order valence-corrected chi connectivity index (χ4v) is 8.69. The van der Waals surface area contributed by atoms with Gasteiger partial charge in [-0.2, -0.15) is 0 Å². The van der Waals surface area contributed by atoms with Crippen molar-refractivity contribution in [2.24, 2.45) is 0 Å². The van der Waals surface area contributed by atoms with Crippen LogP contribution in [0.5, 0.6) is 0 Å². The van der Waals surface area contributed by atoms with E-state index in [0.717, 1.165) is 12.8 Å². The Kier molecular flexibility index (Phi) is 5.54. The third kappa shape index (κ3) is 3.61. The Bertz CT molecular complexity index is 679. The summed E-state index contributed by atoms with van der Waals surface area (Å²) in [4.78, 5) is 12.7. The van der Waals surface area contributed by atoms with Crippen LogP contribution in [-0.2, 0) is 9.22 Å². The van der Waals surface area contributed by atoms with Gasteiger partial charge in [-0.15, -0.1) is 0 Å². The molecule has 0 radical (unpaired) electrons. The number of carbonyl (C=O) groups is 1. The Hall–Kier alpha value is -2.13. The molecule has 0 aliphatic heterocycles. The number of benzene rings is 2. The number of hydrogen-bond donors (Lipinski definition) is 0. The second-order valence-corrected chi connectivity index (χ2v) is 10.6. The number of hydrogen-bond acceptors (Lipinski definition) is 2. The molecule has 0 amide bonds. The van der Waals surface area contributed by atoms with Crippen LogP contribution in [-0.4, -0.2) is 14.3 Å². The van der Waals surface area contributed by atoms with Crippen LogP contribution in [0.3, 0.4) is 0 Å². The summed E-state index contributed by atoms with van der Waals surface area (Å²) in [6, 6.07) is 20.8. The highest BCUT2D eigenvalue weighted by Gasteiger charge is 2.50. The van der Waals surface area contributed by atoms with Crippen LogP contribution in [0, 0.1) is 0 Å². The lowest BCUT2D eigenvalue weighted by molar-refractivity contribution is -0.130. The molecule has 0 saturated heterocycles. The van der Waals surface area contributed by atoms with Gasteiger partial charge >= 0.3 is 14.3 Å². The molecule has 2 nitrogen and oxygen atoms in total. The summed E-state index contributed by atoms with van der Waals surface area (Å²) in [6.45, 7) is 5.55.